The van der Waals surface area contributed by atoms with Gasteiger partial charge in [-0.15, -0.1) is 0 Å². The summed E-state index contributed by atoms with van der Waals surface area (Å²) in [5.74, 6) is -1.95. The van der Waals surface area contributed by atoms with Crippen molar-refractivity contribution in [3.8, 4) is 5.88 Å². The van der Waals surface area contributed by atoms with Crippen molar-refractivity contribution in [2.24, 2.45) is 0 Å². The van der Waals surface area contributed by atoms with Crippen LogP contribution in [0.4, 0.5) is 14.5 Å². The zero-order valence-electron chi connectivity index (χ0n) is 14.9. The van der Waals surface area contributed by atoms with Gasteiger partial charge in [-0.3, -0.25) is 9.89 Å². The largest absolute Gasteiger partial charge is 0.493 e. The van der Waals surface area contributed by atoms with Crippen LogP contribution in [-0.2, 0) is 0 Å². The minimum absolute atomic E-state index is 0.0480. The Balaban J connectivity index is 1.64. The smallest absolute Gasteiger partial charge is 0.274 e. The van der Waals surface area contributed by atoms with Gasteiger partial charge in [0.25, 0.3) is 5.91 Å². The lowest BCUT2D eigenvalue weighted by Gasteiger charge is -2.06. The van der Waals surface area contributed by atoms with Crippen LogP contribution in [0.15, 0.2) is 54.6 Å². The quantitative estimate of drug-likeness (QED) is 0.481. The van der Waals surface area contributed by atoms with Crippen LogP contribution in [0.3, 0.4) is 0 Å². The number of nitrogens with zero attached hydrogens (tertiary/aromatic N) is 2. The summed E-state index contributed by atoms with van der Waals surface area (Å²) in [7, 11) is 0. The van der Waals surface area contributed by atoms with Crippen molar-refractivity contribution in [2.75, 3.05) is 5.32 Å². The first-order valence-corrected chi connectivity index (χ1v) is 8.58. The Morgan fingerprint density at radius 3 is 2.62 bits per heavy atom. The van der Waals surface area contributed by atoms with Gasteiger partial charge in [-0.05, 0) is 35.9 Å². The van der Waals surface area contributed by atoms with Crippen LogP contribution < -0.4 is 5.32 Å². The molecule has 2 aromatic carbocycles. The maximum absolute atomic E-state index is 14.4. The summed E-state index contributed by atoms with van der Waals surface area (Å²) in [6.07, 6.45) is 3.44. The Labute approximate surface area is 163 Å². The summed E-state index contributed by atoms with van der Waals surface area (Å²) in [5.41, 5.74) is 1.65. The molecule has 144 valence electrons. The number of fused-ring (bicyclic) bond motifs is 1. The number of aromatic nitrogens is 3. The molecular weight excluding hydrogens is 378 g/mol. The highest BCUT2D eigenvalue weighted by molar-refractivity contribution is 6.04. The number of hydrogen-bond donors (Lipinski definition) is 3. The van der Waals surface area contributed by atoms with E-state index in [4.69, 9.17) is 0 Å². The fourth-order valence-corrected chi connectivity index (χ4v) is 2.77. The number of pyridine rings is 1. The molecule has 2 aromatic heterocycles. The molecule has 0 bridgehead atoms. The lowest BCUT2D eigenvalue weighted by Crippen LogP contribution is -2.14. The van der Waals surface area contributed by atoms with Crippen LogP contribution in [0.5, 0.6) is 5.88 Å². The lowest BCUT2D eigenvalue weighted by atomic mass is 10.1. The summed E-state index contributed by atoms with van der Waals surface area (Å²) >= 11 is 0. The first kappa shape index (κ1) is 18.3. The van der Waals surface area contributed by atoms with E-state index in [0.717, 1.165) is 5.56 Å². The molecule has 0 aliphatic heterocycles. The predicted molar refractivity (Wildman–Crippen MR) is 105 cm³/mol. The van der Waals surface area contributed by atoms with E-state index in [1.807, 2.05) is 0 Å². The number of benzene rings is 2. The van der Waals surface area contributed by atoms with Crippen molar-refractivity contribution in [1.82, 2.24) is 15.2 Å². The highest BCUT2D eigenvalue weighted by atomic mass is 19.1. The van der Waals surface area contributed by atoms with Crippen LogP contribution in [0.25, 0.3) is 23.1 Å². The molecule has 0 spiro atoms. The summed E-state index contributed by atoms with van der Waals surface area (Å²) in [5, 5.41) is 19.3. The van der Waals surface area contributed by atoms with Crippen molar-refractivity contribution in [2.45, 2.75) is 0 Å². The molecule has 0 fully saturated rings. The molecule has 6 nitrogen and oxygen atoms in total. The number of aromatic amines is 1. The number of carbonyl (C=O) groups excluding carboxylic acids is 1. The minimum atomic E-state index is -0.661. The molecule has 0 aliphatic carbocycles. The van der Waals surface area contributed by atoms with E-state index in [0.29, 0.717) is 16.6 Å². The molecule has 4 rings (SSSR count). The van der Waals surface area contributed by atoms with Gasteiger partial charge in [0, 0.05) is 17.5 Å². The van der Waals surface area contributed by atoms with Crippen LogP contribution in [-0.4, -0.2) is 26.2 Å². The second-order valence-corrected chi connectivity index (χ2v) is 6.21. The van der Waals surface area contributed by atoms with Crippen molar-refractivity contribution in [3.63, 3.8) is 0 Å². The molecular formula is C21H14F2N4O2. The molecule has 0 saturated heterocycles. The average Bonchev–Trinajstić information content (AvgIpc) is 3.09. The normalized spacial score (nSPS) is 11.2. The topological polar surface area (TPSA) is 90.9 Å². The molecule has 0 saturated carbocycles. The lowest BCUT2D eigenvalue weighted by molar-refractivity contribution is 0.102. The van der Waals surface area contributed by atoms with Gasteiger partial charge < -0.3 is 10.4 Å². The fraction of sp³-hybridized carbons (Fsp3) is 0. The third-order valence-electron chi connectivity index (χ3n) is 4.20. The van der Waals surface area contributed by atoms with Crippen LogP contribution in [0, 0.1) is 11.6 Å². The molecule has 0 unspecified atom stereocenters. The Morgan fingerprint density at radius 1 is 1.07 bits per heavy atom. The highest BCUT2D eigenvalue weighted by Gasteiger charge is 2.14. The zero-order chi connectivity index (χ0) is 20.4. The van der Waals surface area contributed by atoms with E-state index in [-0.39, 0.29) is 23.1 Å². The van der Waals surface area contributed by atoms with E-state index in [9.17, 15) is 18.7 Å². The number of aromatic hydroxyl groups is 1. The van der Waals surface area contributed by atoms with Crippen molar-refractivity contribution >= 4 is 34.6 Å². The number of hydrogen-bond acceptors (Lipinski definition) is 4. The van der Waals surface area contributed by atoms with Gasteiger partial charge in [0.2, 0.25) is 5.88 Å². The van der Waals surface area contributed by atoms with Crippen LogP contribution in [0.2, 0.25) is 0 Å². The van der Waals surface area contributed by atoms with Crippen molar-refractivity contribution < 1.29 is 18.7 Å². The van der Waals surface area contributed by atoms with Gasteiger partial charge in [-0.1, -0.05) is 24.3 Å². The number of H-pyrrole nitrogens is 1. The van der Waals surface area contributed by atoms with E-state index in [1.165, 1.54) is 42.5 Å². The SMILES string of the molecule is O=C(Nc1cc2c(/C=C/c3ccc(F)cc3)n[nH]c2cc1F)c1cccc(O)n1. The molecule has 4 aromatic rings. The molecule has 8 heteroatoms. The summed E-state index contributed by atoms with van der Waals surface area (Å²) in [6, 6.07) is 12.8. The molecule has 2 heterocycles. The Morgan fingerprint density at radius 2 is 1.86 bits per heavy atom. The Hall–Kier alpha value is -4.07. The van der Waals surface area contributed by atoms with Gasteiger partial charge in [0.15, 0.2) is 0 Å². The van der Waals surface area contributed by atoms with Gasteiger partial charge in [-0.25, -0.2) is 13.8 Å². The monoisotopic (exact) mass is 392 g/mol. The molecule has 3 N–H and O–H groups in total. The Kier molecular flexibility index (Phi) is 4.74. The number of anilines is 1. The first-order valence-electron chi connectivity index (χ1n) is 8.58. The number of amides is 1. The molecule has 0 radical (unpaired) electrons. The predicted octanol–water partition coefficient (Wildman–Crippen LogP) is 4.36. The van der Waals surface area contributed by atoms with E-state index >= 15 is 0 Å². The van der Waals surface area contributed by atoms with Gasteiger partial charge in [0.1, 0.15) is 17.3 Å². The standard InChI is InChI=1S/C21H14F2N4O2/c22-13-7-4-12(5-8-13)6-9-16-14-10-19(15(23)11-18(14)27-26-16)25-21(29)17-2-1-3-20(28)24-17/h1-11H,(H,24,28)(H,25,29)(H,26,27)/b9-6+. The number of nitrogens with one attached hydrogen (secondary N) is 2. The van der Waals surface area contributed by atoms with Gasteiger partial charge in [-0.2, -0.15) is 5.10 Å². The fourth-order valence-electron chi connectivity index (χ4n) is 2.77. The van der Waals surface area contributed by atoms with E-state index in [2.05, 4.69) is 20.5 Å². The molecule has 0 aliphatic rings. The third kappa shape index (κ3) is 3.96. The second-order valence-electron chi connectivity index (χ2n) is 6.21. The molecule has 29 heavy (non-hydrogen) atoms. The molecule has 1 amide bonds. The summed E-state index contributed by atoms with van der Waals surface area (Å²) in [6.45, 7) is 0. The number of rotatable bonds is 4. The average molecular weight is 392 g/mol. The highest BCUT2D eigenvalue weighted by Crippen LogP contribution is 2.26. The molecule has 0 atom stereocenters. The van der Waals surface area contributed by atoms with Gasteiger partial charge in [0.05, 0.1) is 16.9 Å². The Bertz CT molecular complexity index is 1230. The van der Waals surface area contributed by atoms with Crippen LogP contribution >= 0.6 is 0 Å². The number of halogens is 2. The third-order valence-corrected chi connectivity index (χ3v) is 4.20. The van der Waals surface area contributed by atoms with Crippen molar-refractivity contribution in [1.29, 1.82) is 0 Å². The zero-order valence-corrected chi connectivity index (χ0v) is 14.9. The number of carbonyl (C=O) groups is 1. The summed E-state index contributed by atoms with van der Waals surface area (Å²) < 4.78 is 27.4. The minimum Gasteiger partial charge on any atom is -0.493 e. The second kappa shape index (κ2) is 7.51. The van der Waals surface area contributed by atoms with Crippen molar-refractivity contribution in [3.05, 3.63) is 83.2 Å². The first-order chi connectivity index (χ1) is 14.0. The maximum Gasteiger partial charge on any atom is 0.274 e. The van der Waals surface area contributed by atoms with E-state index < -0.39 is 11.7 Å². The maximum atomic E-state index is 14.4. The van der Waals surface area contributed by atoms with E-state index in [1.54, 1.807) is 24.3 Å². The van der Waals surface area contributed by atoms with Crippen LogP contribution in [0.1, 0.15) is 21.7 Å². The summed E-state index contributed by atoms with van der Waals surface area (Å²) in [4.78, 5) is 16.0. The van der Waals surface area contributed by atoms with Gasteiger partial charge >= 0.3 is 0 Å².